The highest BCUT2D eigenvalue weighted by molar-refractivity contribution is 9.10. The molecule has 5 rings (SSSR count). The van der Waals surface area contributed by atoms with Gasteiger partial charge in [0.15, 0.2) is 16.5 Å². The normalized spacial score (nSPS) is 43.6. The molecule has 10 heteroatoms. The zero-order chi connectivity index (χ0) is 26.4. The van der Waals surface area contributed by atoms with Crippen molar-refractivity contribution in [1.29, 1.82) is 0 Å². The molecule has 0 saturated heterocycles. The second-order valence-corrected chi connectivity index (χ2v) is 13.3. The van der Waals surface area contributed by atoms with Crippen molar-refractivity contribution in [3.05, 3.63) is 44.3 Å². The van der Waals surface area contributed by atoms with Crippen LogP contribution in [0, 0.1) is 34.5 Å². The van der Waals surface area contributed by atoms with Crippen LogP contribution in [0.3, 0.4) is 0 Å². The smallest absolute Gasteiger partial charge is 0.355 e. The summed E-state index contributed by atoms with van der Waals surface area (Å²) in [6.07, 6.45) is -0.629. The van der Waals surface area contributed by atoms with Gasteiger partial charge in [-0.15, -0.1) is 24.0 Å². The van der Waals surface area contributed by atoms with Gasteiger partial charge in [0.25, 0.3) is 0 Å². The first-order chi connectivity index (χ1) is 16.8. The number of ether oxygens (including phenoxy) is 1. The molecular formula is C26H27BrF2O5S2. The summed E-state index contributed by atoms with van der Waals surface area (Å²) in [5, 5.41) is 12.8. The fraction of sp³-hybridized carbons (Fsp3) is 0.577. The minimum Gasteiger partial charge on any atom is -0.418 e. The molecule has 9 atom stereocenters. The molecule has 36 heavy (non-hydrogen) atoms. The maximum absolute atomic E-state index is 17.5. The first-order valence-corrected chi connectivity index (χ1v) is 14.1. The van der Waals surface area contributed by atoms with Crippen LogP contribution in [0.1, 0.15) is 49.7 Å². The number of rotatable bonds is 3. The van der Waals surface area contributed by atoms with Gasteiger partial charge in [0.05, 0.1) is 11.5 Å². The molecule has 1 heterocycles. The number of hydrogen-bond donors (Lipinski definition) is 2. The van der Waals surface area contributed by atoms with Gasteiger partial charge in [0.2, 0.25) is 5.78 Å². The molecule has 0 aromatic carbocycles. The maximum Gasteiger partial charge on any atom is 0.355 e. The minimum absolute atomic E-state index is 0.00481. The van der Waals surface area contributed by atoms with Gasteiger partial charge in [-0.1, -0.05) is 13.8 Å². The molecule has 0 bridgehead atoms. The average Bonchev–Trinajstić information content (AvgIpc) is 3.32. The SMILES string of the molecule is C[C@@H]1C[C@H]2[C@@H]3CC(F)C4=CC(=O)C(OC(=O)c5sccc5Br)=C[C@]4(C)C3(F)[C@@H](O)C[C@]2(C)[C@H]1C(=O)S. The lowest BCUT2D eigenvalue weighted by atomic mass is 9.45. The zero-order valence-corrected chi connectivity index (χ0v) is 23.3. The highest BCUT2D eigenvalue weighted by atomic mass is 79.9. The van der Waals surface area contributed by atoms with Crippen LogP contribution in [-0.4, -0.2) is 39.9 Å². The van der Waals surface area contributed by atoms with E-state index in [0.29, 0.717) is 10.9 Å². The Morgan fingerprint density at radius 2 is 1.97 bits per heavy atom. The van der Waals surface area contributed by atoms with Crippen molar-refractivity contribution in [2.75, 3.05) is 0 Å². The number of esters is 1. The Hall–Kier alpha value is -1.36. The first-order valence-electron chi connectivity index (χ1n) is 11.9. The summed E-state index contributed by atoms with van der Waals surface area (Å²) < 4.78 is 39.1. The van der Waals surface area contributed by atoms with E-state index >= 15 is 8.78 Å². The number of fused-ring (bicyclic) bond motifs is 5. The van der Waals surface area contributed by atoms with Crippen molar-refractivity contribution in [2.45, 2.75) is 58.0 Å². The first kappa shape index (κ1) is 26.3. The van der Waals surface area contributed by atoms with E-state index in [0.717, 1.165) is 17.4 Å². The number of carbonyl (C=O) groups excluding carboxylic acids is 3. The zero-order valence-electron chi connectivity index (χ0n) is 20.0. The van der Waals surface area contributed by atoms with Crippen LogP contribution >= 0.6 is 39.9 Å². The third-order valence-electron chi connectivity index (χ3n) is 9.31. The number of thiol groups is 1. The molecule has 0 radical (unpaired) electrons. The van der Waals surface area contributed by atoms with E-state index in [1.165, 1.54) is 13.0 Å². The number of thiophene rings is 1. The molecule has 0 aliphatic heterocycles. The van der Waals surface area contributed by atoms with Crippen molar-refractivity contribution >= 4 is 56.8 Å². The van der Waals surface area contributed by atoms with Crippen LogP contribution in [0.5, 0.6) is 0 Å². The Morgan fingerprint density at radius 3 is 2.58 bits per heavy atom. The molecule has 4 aliphatic carbocycles. The predicted octanol–water partition coefficient (Wildman–Crippen LogP) is 5.63. The van der Waals surface area contributed by atoms with Gasteiger partial charge < -0.3 is 9.84 Å². The number of ketones is 1. The number of hydrogen-bond acceptors (Lipinski definition) is 6. The standard InChI is InChI=1S/C26H27BrF2O5S2/c1-11-6-12-13-7-16(28)14-8-17(30)18(34-22(32)21-15(27)4-5-36-21)9-25(14,3)26(13,29)19(31)10-24(12,2)20(11)23(33)35/h4-5,8-9,11-13,16,19-20,31H,6-7,10H2,1-3H3,(H,33,35)/t11-,12+,13+,16?,19+,20-,24+,25+,26?/m1/s1. The summed E-state index contributed by atoms with van der Waals surface area (Å²) in [6, 6.07) is 1.66. The highest BCUT2D eigenvalue weighted by Gasteiger charge is 2.73. The molecule has 1 N–H and O–H groups in total. The summed E-state index contributed by atoms with van der Waals surface area (Å²) in [5.41, 5.74) is -4.84. The lowest BCUT2D eigenvalue weighted by molar-refractivity contribution is -0.201. The predicted molar refractivity (Wildman–Crippen MR) is 137 cm³/mol. The summed E-state index contributed by atoms with van der Waals surface area (Å²) in [4.78, 5) is 38.2. The molecule has 1 aromatic heterocycles. The fourth-order valence-electron chi connectivity index (χ4n) is 7.83. The Balaban J connectivity index is 1.58. The van der Waals surface area contributed by atoms with Gasteiger partial charge in [0, 0.05) is 16.3 Å². The van der Waals surface area contributed by atoms with Crippen LogP contribution in [-0.2, 0) is 14.3 Å². The van der Waals surface area contributed by atoms with Crippen LogP contribution in [0.25, 0.3) is 0 Å². The van der Waals surface area contributed by atoms with Crippen molar-refractivity contribution in [1.82, 2.24) is 0 Å². The monoisotopic (exact) mass is 600 g/mol. The van der Waals surface area contributed by atoms with E-state index in [9.17, 15) is 19.5 Å². The Morgan fingerprint density at radius 1 is 1.28 bits per heavy atom. The molecular weight excluding hydrogens is 574 g/mol. The summed E-state index contributed by atoms with van der Waals surface area (Å²) in [6.45, 7) is 5.25. The summed E-state index contributed by atoms with van der Waals surface area (Å²) in [7, 11) is 0. The van der Waals surface area contributed by atoms with Crippen molar-refractivity contribution in [2.24, 2.45) is 34.5 Å². The molecule has 3 fully saturated rings. The number of carbonyl (C=O) groups is 3. The van der Waals surface area contributed by atoms with E-state index in [4.69, 9.17) is 4.74 Å². The van der Waals surface area contributed by atoms with Crippen molar-refractivity contribution < 1.29 is 33.0 Å². The van der Waals surface area contributed by atoms with Gasteiger partial charge in [0.1, 0.15) is 11.0 Å². The number of halogens is 3. The van der Waals surface area contributed by atoms with E-state index in [-0.39, 0.29) is 46.0 Å². The minimum atomic E-state index is -2.33. The van der Waals surface area contributed by atoms with E-state index in [1.807, 2.05) is 13.8 Å². The van der Waals surface area contributed by atoms with Crippen molar-refractivity contribution in [3.8, 4) is 0 Å². The Bertz CT molecular complexity index is 1230. The van der Waals surface area contributed by atoms with E-state index in [2.05, 4.69) is 28.6 Å². The van der Waals surface area contributed by atoms with Gasteiger partial charge in [-0.25, -0.2) is 13.6 Å². The van der Waals surface area contributed by atoms with Crippen molar-refractivity contribution in [3.63, 3.8) is 0 Å². The number of aliphatic hydroxyl groups excluding tert-OH is 1. The summed E-state index contributed by atoms with van der Waals surface area (Å²) >= 11 is 8.46. The molecule has 2 unspecified atom stereocenters. The van der Waals surface area contributed by atoms with E-state index in [1.54, 1.807) is 11.4 Å². The third-order valence-corrected chi connectivity index (χ3v) is 11.4. The summed E-state index contributed by atoms with van der Waals surface area (Å²) in [5.74, 6) is -3.73. The van der Waals surface area contributed by atoms with Crippen LogP contribution in [0.4, 0.5) is 8.78 Å². The second kappa shape index (κ2) is 8.58. The molecule has 0 amide bonds. The molecule has 0 spiro atoms. The quantitative estimate of drug-likeness (QED) is 0.347. The van der Waals surface area contributed by atoms with Gasteiger partial charge in [-0.3, -0.25) is 9.59 Å². The third kappa shape index (κ3) is 3.43. The lowest BCUT2D eigenvalue weighted by Crippen LogP contribution is -2.68. The molecule has 1 aromatic rings. The Kier molecular flexibility index (Phi) is 6.26. The second-order valence-electron chi connectivity index (χ2n) is 11.1. The van der Waals surface area contributed by atoms with Crippen LogP contribution < -0.4 is 0 Å². The topological polar surface area (TPSA) is 80.7 Å². The largest absolute Gasteiger partial charge is 0.418 e. The fourth-order valence-corrected chi connectivity index (χ4v) is 9.79. The van der Waals surface area contributed by atoms with Crippen LogP contribution in [0.2, 0.25) is 0 Å². The van der Waals surface area contributed by atoms with Gasteiger partial charge >= 0.3 is 5.97 Å². The van der Waals surface area contributed by atoms with Gasteiger partial charge in [-0.05, 0) is 88.5 Å². The number of aliphatic hydroxyl groups is 1. The van der Waals surface area contributed by atoms with Crippen LogP contribution in [0.15, 0.2) is 39.4 Å². The molecule has 194 valence electrons. The molecule has 5 nitrogen and oxygen atoms in total. The molecule has 3 saturated carbocycles. The number of alkyl halides is 2. The van der Waals surface area contributed by atoms with E-state index < -0.39 is 52.4 Å². The molecule has 4 aliphatic rings. The maximum atomic E-state index is 17.5. The highest BCUT2D eigenvalue weighted by Crippen LogP contribution is 2.70. The average molecular weight is 602 g/mol. The van der Waals surface area contributed by atoms with Gasteiger partial charge in [-0.2, -0.15) is 0 Å². The Labute approximate surface area is 225 Å². The lowest BCUT2D eigenvalue weighted by Gasteiger charge is -2.62. The number of allylic oxidation sites excluding steroid dienone is 3.